The van der Waals surface area contributed by atoms with Crippen molar-refractivity contribution in [3.05, 3.63) is 59.8 Å². The zero-order valence-corrected chi connectivity index (χ0v) is 10.5. The summed E-state index contributed by atoms with van der Waals surface area (Å²) in [6, 6.07) is 8.34. The summed E-state index contributed by atoms with van der Waals surface area (Å²) in [7, 11) is 0. The minimum Gasteiger partial charge on any atom is -0.382 e. The van der Waals surface area contributed by atoms with E-state index >= 15 is 0 Å². The van der Waals surface area contributed by atoms with Gasteiger partial charge in [-0.15, -0.1) is 0 Å². The highest BCUT2D eigenvalue weighted by Gasteiger charge is 2.15. The Balaban J connectivity index is 2.18. The molecule has 1 aromatic carbocycles. The van der Waals surface area contributed by atoms with Crippen molar-refractivity contribution in [2.24, 2.45) is 5.73 Å². The lowest BCUT2D eigenvalue weighted by molar-refractivity contribution is 0.616. The third kappa shape index (κ3) is 2.01. The van der Waals surface area contributed by atoms with Crippen LogP contribution in [-0.4, -0.2) is 20.6 Å². The second-order valence-corrected chi connectivity index (χ2v) is 4.41. The number of benzene rings is 1. The van der Waals surface area contributed by atoms with Crippen molar-refractivity contribution in [3.8, 4) is 0 Å². The first kappa shape index (κ1) is 12.3. The van der Waals surface area contributed by atoms with Gasteiger partial charge in [0.2, 0.25) is 0 Å². The lowest BCUT2D eigenvalue weighted by Crippen LogP contribution is -2.13. The second-order valence-electron chi connectivity index (χ2n) is 4.41. The van der Waals surface area contributed by atoms with Crippen molar-refractivity contribution in [2.45, 2.75) is 6.54 Å². The fourth-order valence-corrected chi connectivity index (χ4v) is 2.17. The normalized spacial score (nSPS) is 10.8. The van der Waals surface area contributed by atoms with Crippen LogP contribution >= 0.6 is 0 Å². The van der Waals surface area contributed by atoms with Gasteiger partial charge in [0.25, 0.3) is 0 Å². The number of nitrogens with two attached hydrogens (primary N) is 1. The first-order valence-corrected chi connectivity index (χ1v) is 6.05. The molecule has 2 aromatic heterocycles. The number of nitrogen functional groups attached to an aromatic ring is 1. The van der Waals surface area contributed by atoms with Crippen LogP contribution in [0.1, 0.15) is 11.3 Å². The Bertz CT molecular complexity index is 779. The topological polar surface area (TPSA) is 80.6 Å². The molecule has 0 unspecified atom stereocenters. The Labute approximate surface area is 114 Å². The molecule has 0 bridgehead atoms. The van der Waals surface area contributed by atoms with Gasteiger partial charge in [-0.3, -0.25) is 15.1 Å². The van der Waals surface area contributed by atoms with Crippen molar-refractivity contribution < 1.29 is 4.39 Å². The van der Waals surface area contributed by atoms with Crippen molar-refractivity contribution >= 4 is 16.7 Å². The van der Waals surface area contributed by atoms with E-state index in [2.05, 4.69) is 10.1 Å². The second kappa shape index (κ2) is 4.73. The molecule has 5 nitrogen and oxygen atoms in total. The quantitative estimate of drug-likeness (QED) is 0.563. The van der Waals surface area contributed by atoms with Gasteiger partial charge < -0.3 is 5.73 Å². The van der Waals surface area contributed by atoms with Gasteiger partial charge in [-0.1, -0.05) is 12.1 Å². The third-order valence-electron chi connectivity index (χ3n) is 3.06. The standard InChI is InChI=1S/C14H12FN5/c15-11-3-1-2-10-12(14(16)17)19-20(13(10)11)8-9-4-6-18-7-5-9/h1-7H,8H2,(H3,16,17). The molecule has 0 atom stereocenters. The Morgan fingerprint density at radius 1 is 1.25 bits per heavy atom. The van der Waals surface area contributed by atoms with Crippen LogP contribution in [-0.2, 0) is 6.54 Å². The number of hydrogen-bond acceptors (Lipinski definition) is 3. The van der Waals surface area contributed by atoms with Crippen molar-refractivity contribution in [1.82, 2.24) is 14.8 Å². The molecule has 3 rings (SSSR count). The SMILES string of the molecule is N=C(N)c1nn(Cc2ccncc2)c2c(F)cccc12. The molecule has 2 heterocycles. The van der Waals surface area contributed by atoms with Crippen LogP contribution in [0.5, 0.6) is 0 Å². The average Bonchev–Trinajstić information content (AvgIpc) is 2.80. The molecule has 0 fully saturated rings. The summed E-state index contributed by atoms with van der Waals surface area (Å²) in [5.41, 5.74) is 7.11. The smallest absolute Gasteiger partial charge is 0.149 e. The summed E-state index contributed by atoms with van der Waals surface area (Å²) in [5.74, 6) is -0.550. The lowest BCUT2D eigenvalue weighted by Gasteiger charge is -2.03. The van der Waals surface area contributed by atoms with Gasteiger partial charge in [-0.2, -0.15) is 5.10 Å². The van der Waals surface area contributed by atoms with Gasteiger partial charge in [0, 0.05) is 17.8 Å². The summed E-state index contributed by atoms with van der Waals surface area (Å²) >= 11 is 0. The van der Waals surface area contributed by atoms with Crippen LogP contribution in [0, 0.1) is 11.2 Å². The Morgan fingerprint density at radius 2 is 2.00 bits per heavy atom. The maximum absolute atomic E-state index is 14.0. The summed E-state index contributed by atoms with van der Waals surface area (Å²) in [4.78, 5) is 3.94. The molecule has 0 spiro atoms. The highest BCUT2D eigenvalue weighted by Crippen LogP contribution is 2.22. The highest BCUT2D eigenvalue weighted by atomic mass is 19.1. The fourth-order valence-electron chi connectivity index (χ4n) is 2.17. The molecular formula is C14H12FN5. The van der Waals surface area contributed by atoms with Crippen LogP contribution in [0.4, 0.5) is 4.39 Å². The van der Waals surface area contributed by atoms with Crippen molar-refractivity contribution in [1.29, 1.82) is 5.41 Å². The van der Waals surface area contributed by atoms with Crippen molar-refractivity contribution in [2.75, 3.05) is 0 Å². The maximum atomic E-state index is 14.0. The molecule has 20 heavy (non-hydrogen) atoms. The predicted molar refractivity (Wildman–Crippen MR) is 74.0 cm³/mol. The van der Waals surface area contributed by atoms with E-state index in [-0.39, 0.29) is 11.7 Å². The summed E-state index contributed by atoms with van der Waals surface area (Å²) < 4.78 is 15.6. The van der Waals surface area contributed by atoms with E-state index < -0.39 is 0 Å². The van der Waals surface area contributed by atoms with Crippen LogP contribution in [0.15, 0.2) is 42.7 Å². The molecule has 0 aliphatic carbocycles. The van der Waals surface area contributed by atoms with E-state index in [9.17, 15) is 4.39 Å². The van der Waals surface area contributed by atoms with E-state index in [1.807, 2.05) is 12.1 Å². The molecule has 0 radical (unpaired) electrons. The number of amidine groups is 1. The number of para-hydroxylation sites is 1. The first-order chi connectivity index (χ1) is 9.66. The number of nitrogens with zero attached hydrogens (tertiary/aromatic N) is 3. The van der Waals surface area contributed by atoms with Crippen LogP contribution < -0.4 is 5.73 Å². The van der Waals surface area contributed by atoms with E-state index in [4.69, 9.17) is 11.1 Å². The van der Waals surface area contributed by atoms with Crippen LogP contribution in [0.2, 0.25) is 0 Å². The number of nitrogens with one attached hydrogen (secondary N) is 1. The zero-order chi connectivity index (χ0) is 14.1. The molecule has 6 heteroatoms. The molecule has 3 aromatic rings. The minimum atomic E-state index is -0.378. The number of rotatable bonds is 3. The van der Waals surface area contributed by atoms with Gasteiger partial charge in [0.1, 0.15) is 22.9 Å². The third-order valence-corrected chi connectivity index (χ3v) is 3.06. The fraction of sp³-hybridized carbons (Fsp3) is 0.0714. The molecule has 0 amide bonds. The number of aromatic nitrogens is 3. The van der Waals surface area contributed by atoms with Gasteiger partial charge in [0.05, 0.1) is 6.54 Å². The Morgan fingerprint density at radius 3 is 2.70 bits per heavy atom. The molecule has 0 saturated heterocycles. The highest BCUT2D eigenvalue weighted by molar-refractivity contribution is 6.05. The summed E-state index contributed by atoms with van der Waals surface area (Å²) in [6.45, 7) is 0.396. The number of hydrogen-bond donors (Lipinski definition) is 2. The Kier molecular flexibility index (Phi) is 2.90. The zero-order valence-electron chi connectivity index (χ0n) is 10.5. The van der Waals surface area contributed by atoms with Gasteiger partial charge in [-0.25, -0.2) is 4.39 Å². The predicted octanol–water partition coefficient (Wildman–Crippen LogP) is 1.90. The monoisotopic (exact) mass is 269 g/mol. The maximum Gasteiger partial charge on any atom is 0.149 e. The number of halogens is 1. The molecule has 3 N–H and O–H groups in total. The van der Waals surface area contributed by atoms with E-state index in [1.54, 1.807) is 24.5 Å². The Hall–Kier alpha value is -2.76. The van der Waals surface area contributed by atoms with Crippen molar-refractivity contribution in [3.63, 3.8) is 0 Å². The number of fused-ring (bicyclic) bond motifs is 1. The van der Waals surface area contributed by atoms with Gasteiger partial charge in [0.15, 0.2) is 0 Å². The van der Waals surface area contributed by atoms with Crippen LogP contribution in [0.3, 0.4) is 0 Å². The van der Waals surface area contributed by atoms with E-state index in [1.165, 1.54) is 10.7 Å². The van der Waals surface area contributed by atoms with E-state index in [0.717, 1.165) is 5.56 Å². The van der Waals surface area contributed by atoms with E-state index in [0.29, 0.717) is 23.1 Å². The summed E-state index contributed by atoms with van der Waals surface area (Å²) in [6.07, 6.45) is 3.34. The molecule has 100 valence electrons. The molecule has 0 aliphatic rings. The van der Waals surface area contributed by atoms with Gasteiger partial charge >= 0.3 is 0 Å². The van der Waals surface area contributed by atoms with Gasteiger partial charge in [-0.05, 0) is 23.8 Å². The summed E-state index contributed by atoms with van der Waals surface area (Å²) in [5, 5.41) is 12.3. The largest absolute Gasteiger partial charge is 0.382 e. The first-order valence-electron chi connectivity index (χ1n) is 6.05. The molecular weight excluding hydrogens is 257 g/mol. The minimum absolute atomic E-state index is 0.172. The number of pyridine rings is 1. The molecule has 0 aliphatic heterocycles. The lowest BCUT2D eigenvalue weighted by atomic mass is 10.2. The molecule has 0 saturated carbocycles. The van der Waals surface area contributed by atoms with Crippen LogP contribution in [0.25, 0.3) is 10.9 Å². The average molecular weight is 269 g/mol.